The first-order valence-corrected chi connectivity index (χ1v) is 7.28. The van der Waals surface area contributed by atoms with Crippen LogP contribution in [0, 0.1) is 12.7 Å². The molecule has 0 amide bonds. The molecular weight excluding hydrogens is 265 g/mol. The van der Waals surface area contributed by atoms with Gasteiger partial charge in [0.2, 0.25) is 0 Å². The molecule has 2 nitrogen and oxygen atoms in total. The first kappa shape index (κ1) is 15.5. The minimum atomic E-state index is -0.301. The topological polar surface area (TPSA) is 35.2 Å². The summed E-state index contributed by atoms with van der Waals surface area (Å²) in [4.78, 5) is 0. The molecule has 2 rings (SSSR count). The van der Waals surface area contributed by atoms with Crippen molar-refractivity contribution in [3.63, 3.8) is 0 Å². The Labute approximate surface area is 125 Å². The maximum atomic E-state index is 14.3. The summed E-state index contributed by atoms with van der Waals surface area (Å²) < 4.78 is 19.9. The molecule has 0 aliphatic heterocycles. The first-order valence-electron chi connectivity index (χ1n) is 7.28. The Balaban J connectivity index is 2.13. The number of ether oxygens (including phenoxy) is 1. The van der Waals surface area contributed by atoms with Crippen LogP contribution in [0.5, 0.6) is 5.75 Å². The predicted molar refractivity (Wildman–Crippen MR) is 84.0 cm³/mol. The van der Waals surface area contributed by atoms with Crippen molar-refractivity contribution in [2.24, 2.45) is 5.73 Å². The van der Waals surface area contributed by atoms with Gasteiger partial charge in [-0.15, -0.1) is 0 Å². The van der Waals surface area contributed by atoms with Gasteiger partial charge in [0.15, 0.2) is 11.6 Å². The lowest BCUT2D eigenvalue weighted by atomic mass is 9.96. The summed E-state index contributed by atoms with van der Waals surface area (Å²) in [5.41, 5.74) is 8.39. The Morgan fingerprint density at radius 1 is 1.19 bits per heavy atom. The van der Waals surface area contributed by atoms with Crippen LogP contribution in [0.2, 0.25) is 0 Å². The third kappa shape index (κ3) is 4.05. The van der Waals surface area contributed by atoms with E-state index in [1.807, 2.05) is 43.3 Å². The summed E-state index contributed by atoms with van der Waals surface area (Å²) in [5, 5.41) is 0. The van der Waals surface area contributed by atoms with Crippen LogP contribution < -0.4 is 10.5 Å². The molecule has 0 saturated heterocycles. The molecule has 0 radical (unpaired) electrons. The first-order chi connectivity index (χ1) is 10.1. The normalized spacial score (nSPS) is 12.2. The van der Waals surface area contributed by atoms with Gasteiger partial charge >= 0.3 is 0 Å². The van der Waals surface area contributed by atoms with E-state index in [4.69, 9.17) is 10.5 Å². The molecular formula is C18H22FNO. The highest BCUT2D eigenvalue weighted by atomic mass is 19.1. The van der Waals surface area contributed by atoms with Crippen molar-refractivity contribution in [3.05, 3.63) is 65.0 Å². The fourth-order valence-corrected chi connectivity index (χ4v) is 2.37. The molecule has 112 valence electrons. The Hall–Kier alpha value is -1.87. The van der Waals surface area contributed by atoms with Gasteiger partial charge in [-0.3, -0.25) is 0 Å². The Morgan fingerprint density at radius 3 is 2.52 bits per heavy atom. The fourth-order valence-electron chi connectivity index (χ4n) is 2.37. The molecule has 0 aliphatic carbocycles. The Bertz CT molecular complexity index is 560. The molecule has 1 unspecified atom stereocenters. The summed E-state index contributed by atoms with van der Waals surface area (Å²) in [5.74, 6) is 0.290. The lowest BCUT2D eigenvalue weighted by molar-refractivity contribution is 0.288. The Kier molecular flexibility index (Phi) is 5.34. The van der Waals surface area contributed by atoms with Gasteiger partial charge in [0.25, 0.3) is 0 Å². The summed E-state index contributed by atoms with van der Waals surface area (Å²) in [6.45, 7) is 4.91. The molecule has 0 heterocycles. The zero-order valence-corrected chi connectivity index (χ0v) is 12.6. The van der Waals surface area contributed by atoms with Gasteiger partial charge in [0.05, 0.1) is 0 Å². The second kappa shape index (κ2) is 7.23. The number of benzene rings is 2. The highest BCUT2D eigenvalue weighted by Crippen LogP contribution is 2.29. The van der Waals surface area contributed by atoms with Crippen LogP contribution in [-0.4, -0.2) is 6.54 Å². The number of hydrogen-bond acceptors (Lipinski definition) is 2. The van der Waals surface area contributed by atoms with E-state index in [1.165, 1.54) is 0 Å². The molecule has 2 N–H and O–H groups in total. The standard InChI is InChI=1S/C18H22FNO/c1-13(8-9-20)16-10-14(2)18(17(19)11-16)21-12-15-6-4-3-5-7-15/h3-7,10-11,13H,8-9,12,20H2,1-2H3. The largest absolute Gasteiger partial charge is 0.486 e. The van der Waals surface area contributed by atoms with E-state index in [0.29, 0.717) is 18.9 Å². The maximum Gasteiger partial charge on any atom is 0.165 e. The highest BCUT2D eigenvalue weighted by molar-refractivity contribution is 5.39. The smallest absolute Gasteiger partial charge is 0.165 e. The second-order valence-electron chi connectivity index (χ2n) is 5.40. The predicted octanol–water partition coefficient (Wildman–Crippen LogP) is 4.17. The van der Waals surface area contributed by atoms with Crippen molar-refractivity contribution >= 4 is 0 Å². The van der Waals surface area contributed by atoms with E-state index in [-0.39, 0.29) is 11.7 Å². The molecule has 1 atom stereocenters. The van der Waals surface area contributed by atoms with Crippen molar-refractivity contribution in [3.8, 4) is 5.75 Å². The molecule has 2 aromatic carbocycles. The summed E-state index contributed by atoms with van der Waals surface area (Å²) in [6.07, 6.45) is 0.850. The number of nitrogens with two attached hydrogens (primary N) is 1. The molecule has 0 spiro atoms. The number of rotatable bonds is 6. The van der Waals surface area contributed by atoms with Crippen molar-refractivity contribution in [1.82, 2.24) is 0 Å². The molecule has 0 bridgehead atoms. The van der Waals surface area contributed by atoms with E-state index in [1.54, 1.807) is 6.07 Å². The van der Waals surface area contributed by atoms with E-state index >= 15 is 0 Å². The van der Waals surface area contributed by atoms with Gasteiger partial charge in [-0.1, -0.05) is 43.3 Å². The Morgan fingerprint density at radius 2 is 1.90 bits per heavy atom. The van der Waals surface area contributed by atoms with Crippen LogP contribution in [0.25, 0.3) is 0 Å². The zero-order chi connectivity index (χ0) is 15.2. The molecule has 0 saturated carbocycles. The summed E-state index contributed by atoms with van der Waals surface area (Å²) in [7, 11) is 0. The van der Waals surface area contributed by atoms with Crippen LogP contribution in [-0.2, 0) is 6.61 Å². The molecule has 0 fully saturated rings. The van der Waals surface area contributed by atoms with Crippen LogP contribution in [0.3, 0.4) is 0 Å². The monoisotopic (exact) mass is 287 g/mol. The lowest BCUT2D eigenvalue weighted by Crippen LogP contribution is -2.06. The van der Waals surface area contributed by atoms with E-state index in [9.17, 15) is 4.39 Å². The number of hydrogen-bond donors (Lipinski definition) is 1. The van der Waals surface area contributed by atoms with Gasteiger partial charge < -0.3 is 10.5 Å². The van der Waals surface area contributed by atoms with Crippen molar-refractivity contribution < 1.29 is 9.13 Å². The molecule has 0 aromatic heterocycles. The minimum absolute atomic E-state index is 0.256. The highest BCUT2D eigenvalue weighted by Gasteiger charge is 2.13. The number of halogens is 1. The van der Waals surface area contributed by atoms with Crippen molar-refractivity contribution in [1.29, 1.82) is 0 Å². The lowest BCUT2D eigenvalue weighted by Gasteiger charge is -2.15. The van der Waals surface area contributed by atoms with Crippen LogP contribution in [0.15, 0.2) is 42.5 Å². The zero-order valence-electron chi connectivity index (χ0n) is 12.6. The SMILES string of the molecule is Cc1cc(C(C)CCN)cc(F)c1OCc1ccccc1. The van der Waals surface area contributed by atoms with Gasteiger partial charge in [-0.05, 0) is 48.6 Å². The molecule has 0 aliphatic rings. The van der Waals surface area contributed by atoms with Gasteiger partial charge in [0, 0.05) is 0 Å². The van der Waals surface area contributed by atoms with Crippen molar-refractivity contribution in [2.75, 3.05) is 6.54 Å². The number of aryl methyl sites for hydroxylation is 1. The molecule has 21 heavy (non-hydrogen) atoms. The van der Waals surface area contributed by atoms with Gasteiger partial charge in [-0.2, -0.15) is 0 Å². The third-order valence-electron chi connectivity index (χ3n) is 3.65. The molecule has 3 heteroatoms. The maximum absolute atomic E-state index is 14.3. The summed E-state index contributed by atoms with van der Waals surface area (Å²) >= 11 is 0. The average Bonchev–Trinajstić information content (AvgIpc) is 2.47. The van der Waals surface area contributed by atoms with Crippen LogP contribution in [0.4, 0.5) is 4.39 Å². The van der Waals surface area contributed by atoms with Gasteiger partial charge in [0.1, 0.15) is 6.61 Å². The summed E-state index contributed by atoms with van der Waals surface area (Å²) in [6, 6.07) is 13.3. The molecule has 2 aromatic rings. The van der Waals surface area contributed by atoms with Crippen molar-refractivity contribution in [2.45, 2.75) is 32.8 Å². The van der Waals surface area contributed by atoms with Crippen LogP contribution in [0.1, 0.15) is 36.0 Å². The third-order valence-corrected chi connectivity index (χ3v) is 3.65. The second-order valence-corrected chi connectivity index (χ2v) is 5.40. The van der Waals surface area contributed by atoms with Gasteiger partial charge in [-0.25, -0.2) is 4.39 Å². The fraction of sp³-hybridized carbons (Fsp3) is 0.333. The quantitative estimate of drug-likeness (QED) is 0.865. The van der Waals surface area contributed by atoms with Crippen LogP contribution >= 0.6 is 0 Å². The minimum Gasteiger partial charge on any atom is -0.486 e. The van der Waals surface area contributed by atoms with E-state index in [2.05, 4.69) is 6.92 Å². The average molecular weight is 287 g/mol. The van der Waals surface area contributed by atoms with E-state index in [0.717, 1.165) is 23.1 Å². The van der Waals surface area contributed by atoms with E-state index < -0.39 is 0 Å².